The molecule has 2 N–H and O–H groups in total. The maximum Gasteiger partial charge on any atom is 0.153 e. The average molecular weight is 239 g/mol. The quantitative estimate of drug-likeness (QED) is 0.740. The highest BCUT2D eigenvalue weighted by molar-refractivity contribution is 5.64. The van der Waals surface area contributed by atoms with Crippen LogP contribution in [0.1, 0.15) is 18.5 Å². The molecule has 5 nitrogen and oxygen atoms in total. The van der Waals surface area contributed by atoms with Crippen LogP contribution in [0.15, 0.2) is 43.0 Å². The normalized spacial score (nSPS) is 12.8. The largest absolute Gasteiger partial charge is 0.324 e. The van der Waals surface area contributed by atoms with Crippen molar-refractivity contribution in [1.29, 1.82) is 0 Å². The van der Waals surface area contributed by atoms with Crippen LogP contribution in [0.4, 0.5) is 0 Å². The van der Waals surface area contributed by atoms with E-state index in [4.69, 9.17) is 5.73 Å². The summed E-state index contributed by atoms with van der Waals surface area (Å²) < 4.78 is 1.74. The second-order valence-corrected chi connectivity index (χ2v) is 4.21. The van der Waals surface area contributed by atoms with E-state index in [2.05, 4.69) is 15.1 Å². The van der Waals surface area contributed by atoms with Gasteiger partial charge in [0.25, 0.3) is 0 Å². The maximum absolute atomic E-state index is 6.01. The zero-order valence-electron chi connectivity index (χ0n) is 9.99. The van der Waals surface area contributed by atoms with Gasteiger partial charge in [0, 0.05) is 42.0 Å². The Kier molecular flexibility index (Phi) is 2.53. The summed E-state index contributed by atoms with van der Waals surface area (Å²) in [6.45, 7) is 1.94. The third-order valence-electron chi connectivity index (χ3n) is 2.84. The fourth-order valence-electron chi connectivity index (χ4n) is 1.94. The van der Waals surface area contributed by atoms with E-state index in [1.165, 1.54) is 0 Å². The number of fused-ring (bicyclic) bond motifs is 1. The van der Waals surface area contributed by atoms with Gasteiger partial charge in [0.1, 0.15) is 0 Å². The van der Waals surface area contributed by atoms with Crippen molar-refractivity contribution in [3.05, 3.63) is 48.5 Å². The molecule has 0 aromatic carbocycles. The second kappa shape index (κ2) is 4.19. The molecular weight excluding hydrogens is 226 g/mol. The highest BCUT2D eigenvalue weighted by Gasteiger charge is 2.13. The molecular formula is C13H13N5. The topological polar surface area (TPSA) is 69.1 Å². The third kappa shape index (κ3) is 1.74. The highest BCUT2D eigenvalue weighted by Crippen LogP contribution is 2.25. The Hall–Kier alpha value is -2.27. The van der Waals surface area contributed by atoms with Crippen LogP contribution in [0.5, 0.6) is 0 Å². The Morgan fingerprint density at radius 3 is 2.94 bits per heavy atom. The van der Waals surface area contributed by atoms with Crippen molar-refractivity contribution in [3.8, 4) is 11.3 Å². The summed E-state index contributed by atoms with van der Waals surface area (Å²) >= 11 is 0. The van der Waals surface area contributed by atoms with E-state index in [0.29, 0.717) is 0 Å². The lowest BCUT2D eigenvalue weighted by molar-refractivity contribution is 0.798. The molecule has 18 heavy (non-hydrogen) atoms. The summed E-state index contributed by atoms with van der Waals surface area (Å²) in [5, 5.41) is 4.56. The van der Waals surface area contributed by atoms with Crippen molar-refractivity contribution in [2.45, 2.75) is 13.0 Å². The summed E-state index contributed by atoms with van der Waals surface area (Å²) in [6.07, 6.45) is 7.07. The van der Waals surface area contributed by atoms with Crippen LogP contribution in [0.3, 0.4) is 0 Å². The lowest BCUT2D eigenvalue weighted by Gasteiger charge is -2.12. The first-order valence-electron chi connectivity index (χ1n) is 5.76. The molecule has 0 aliphatic rings. The molecule has 3 heterocycles. The van der Waals surface area contributed by atoms with E-state index in [1.807, 2.05) is 31.3 Å². The number of nitrogens with two attached hydrogens (primary N) is 1. The first-order chi connectivity index (χ1) is 8.75. The van der Waals surface area contributed by atoms with Crippen molar-refractivity contribution in [2.75, 3.05) is 0 Å². The SMILES string of the molecule is C[C@H](N)c1cc2nccn2nc1-c1cccnc1. The molecule has 0 saturated carbocycles. The Morgan fingerprint density at radius 1 is 1.33 bits per heavy atom. The molecule has 0 radical (unpaired) electrons. The molecule has 1 atom stereocenters. The van der Waals surface area contributed by atoms with Crippen molar-refractivity contribution in [1.82, 2.24) is 19.6 Å². The Labute approximate surface area is 104 Å². The molecule has 0 aliphatic carbocycles. The smallest absolute Gasteiger partial charge is 0.153 e. The number of rotatable bonds is 2. The van der Waals surface area contributed by atoms with Crippen LogP contribution in [0.25, 0.3) is 16.9 Å². The monoisotopic (exact) mass is 239 g/mol. The first-order valence-corrected chi connectivity index (χ1v) is 5.76. The van der Waals surface area contributed by atoms with Crippen LogP contribution >= 0.6 is 0 Å². The minimum Gasteiger partial charge on any atom is -0.324 e. The molecule has 3 aromatic heterocycles. The second-order valence-electron chi connectivity index (χ2n) is 4.21. The van der Waals surface area contributed by atoms with Crippen molar-refractivity contribution in [2.24, 2.45) is 5.73 Å². The minimum atomic E-state index is -0.102. The van der Waals surface area contributed by atoms with Gasteiger partial charge in [-0.25, -0.2) is 9.50 Å². The van der Waals surface area contributed by atoms with Crippen molar-refractivity contribution >= 4 is 5.65 Å². The standard InChI is InChI=1S/C13H13N5/c1-9(14)11-7-12-16-5-6-18(12)17-13(11)10-3-2-4-15-8-10/h2-9H,14H2,1H3/t9-/m0/s1. The van der Waals surface area contributed by atoms with E-state index in [1.54, 1.807) is 23.1 Å². The van der Waals surface area contributed by atoms with Gasteiger partial charge in [0.15, 0.2) is 5.65 Å². The Morgan fingerprint density at radius 2 is 2.22 bits per heavy atom. The molecule has 0 bridgehead atoms. The van der Waals surface area contributed by atoms with Crippen LogP contribution < -0.4 is 5.73 Å². The van der Waals surface area contributed by atoms with Gasteiger partial charge in [-0.05, 0) is 25.1 Å². The molecule has 5 heteroatoms. The fourth-order valence-corrected chi connectivity index (χ4v) is 1.94. The molecule has 0 unspecified atom stereocenters. The lowest BCUT2D eigenvalue weighted by Crippen LogP contribution is -2.10. The Bertz CT molecular complexity index is 672. The third-order valence-corrected chi connectivity index (χ3v) is 2.84. The molecule has 3 aromatic rings. The minimum absolute atomic E-state index is 0.102. The number of imidazole rings is 1. The molecule has 0 fully saturated rings. The number of pyridine rings is 1. The molecule has 0 aliphatic heterocycles. The van der Waals surface area contributed by atoms with Gasteiger partial charge in [-0.3, -0.25) is 4.98 Å². The highest BCUT2D eigenvalue weighted by atomic mass is 15.2. The van der Waals surface area contributed by atoms with Gasteiger partial charge in [0.2, 0.25) is 0 Å². The van der Waals surface area contributed by atoms with Gasteiger partial charge in [-0.2, -0.15) is 5.10 Å². The van der Waals surface area contributed by atoms with Crippen LogP contribution in [0, 0.1) is 0 Å². The molecule has 90 valence electrons. The van der Waals surface area contributed by atoms with Gasteiger partial charge >= 0.3 is 0 Å². The predicted octanol–water partition coefficient (Wildman–Crippen LogP) is 1.81. The predicted molar refractivity (Wildman–Crippen MR) is 68.8 cm³/mol. The van der Waals surface area contributed by atoms with Crippen LogP contribution in [-0.4, -0.2) is 19.6 Å². The summed E-state index contributed by atoms with van der Waals surface area (Å²) in [5.41, 5.74) is 9.60. The zero-order chi connectivity index (χ0) is 12.5. The first kappa shape index (κ1) is 10.9. The average Bonchev–Trinajstić information content (AvgIpc) is 2.85. The van der Waals surface area contributed by atoms with E-state index >= 15 is 0 Å². The summed E-state index contributed by atoms with van der Waals surface area (Å²) in [6, 6.07) is 5.73. The van der Waals surface area contributed by atoms with E-state index in [9.17, 15) is 0 Å². The number of hydrogen-bond donors (Lipinski definition) is 1. The van der Waals surface area contributed by atoms with E-state index in [0.717, 1.165) is 22.5 Å². The Balaban J connectivity index is 2.28. The molecule has 0 spiro atoms. The van der Waals surface area contributed by atoms with Gasteiger partial charge in [-0.1, -0.05) is 0 Å². The van der Waals surface area contributed by atoms with Crippen LogP contribution in [0.2, 0.25) is 0 Å². The van der Waals surface area contributed by atoms with Crippen molar-refractivity contribution in [3.63, 3.8) is 0 Å². The number of hydrogen-bond acceptors (Lipinski definition) is 4. The van der Waals surface area contributed by atoms with E-state index in [-0.39, 0.29) is 6.04 Å². The number of aromatic nitrogens is 4. The lowest BCUT2D eigenvalue weighted by atomic mass is 10.0. The summed E-state index contributed by atoms with van der Waals surface area (Å²) in [4.78, 5) is 8.35. The van der Waals surface area contributed by atoms with Crippen molar-refractivity contribution < 1.29 is 0 Å². The molecule has 0 saturated heterocycles. The van der Waals surface area contributed by atoms with Gasteiger partial charge < -0.3 is 5.73 Å². The van der Waals surface area contributed by atoms with Gasteiger partial charge in [-0.15, -0.1) is 0 Å². The summed E-state index contributed by atoms with van der Waals surface area (Å²) in [7, 11) is 0. The summed E-state index contributed by atoms with van der Waals surface area (Å²) in [5.74, 6) is 0. The number of nitrogens with zero attached hydrogens (tertiary/aromatic N) is 4. The maximum atomic E-state index is 6.01. The zero-order valence-corrected chi connectivity index (χ0v) is 9.99. The molecule has 3 rings (SSSR count). The van der Waals surface area contributed by atoms with Crippen LogP contribution in [-0.2, 0) is 0 Å². The molecule has 0 amide bonds. The fraction of sp³-hybridized carbons (Fsp3) is 0.154. The van der Waals surface area contributed by atoms with E-state index < -0.39 is 0 Å². The van der Waals surface area contributed by atoms with Gasteiger partial charge in [0.05, 0.1) is 5.69 Å².